The zero-order valence-electron chi connectivity index (χ0n) is 22.8. The Bertz CT molecular complexity index is 1010. The van der Waals surface area contributed by atoms with E-state index >= 15 is 0 Å². The summed E-state index contributed by atoms with van der Waals surface area (Å²) in [6, 6.07) is 14.1. The number of benzene rings is 2. The average molecular weight is 520 g/mol. The van der Waals surface area contributed by atoms with E-state index in [-0.39, 0.29) is 29.3 Å². The van der Waals surface area contributed by atoms with Crippen molar-refractivity contribution < 1.29 is 22.7 Å². The first kappa shape index (κ1) is 29.0. The molecule has 3 rings (SSSR count). The molecule has 0 unspecified atom stereocenters. The van der Waals surface area contributed by atoms with Gasteiger partial charge < -0.3 is 14.5 Å². The molecule has 1 fully saturated rings. The lowest BCUT2D eigenvalue weighted by atomic mass is 9.86. The Labute approximate surface area is 219 Å². The van der Waals surface area contributed by atoms with Gasteiger partial charge in [-0.1, -0.05) is 71.0 Å². The normalized spacial score (nSPS) is 19.2. The van der Waals surface area contributed by atoms with Gasteiger partial charge in [0.1, 0.15) is 11.9 Å². The maximum absolute atomic E-state index is 13.7. The van der Waals surface area contributed by atoms with E-state index in [0.29, 0.717) is 13.0 Å². The van der Waals surface area contributed by atoms with Gasteiger partial charge in [-0.25, -0.2) is 0 Å². The van der Waals surface area contributed by atoms with Crippen molar-refractivity contribution in [1.29, 1.82) is 0 Å². The van der Waals surface area contributed by atoms with E-state index in [9.17, 15) is 18.0 Å². The van der Waals surface area contributed by atoms with Crippen LogP contribution in [0, 0.1) is 0 Å². The maximum atomic E-state index is 13.7. The van der Waals surface area contributed by atoms with E-state index in [1.54, 1.807) is 12.1 Å². The van der Waals surface area contributed by atoms with Gasteiger partial charge in [0, 0.05) is 13.1 Å². The standard InChI is InChI=1S/C29H40F3N3O2/c1-7-34(8-2)19-18-25-27(36)35(20-17-21-9-15-24(16-10-21)37-29(30,31)32)26(33(25)6)22-11-13-23(14-12-22)28(3,4)5/h9-16,25-26H,7-8,17-20H2,1-6H3/t25-,26+/m0/s1. The molecule has 37 heavy (non-hydrogen) atoms. The molecular weight excluding hydrogens is 479 g/mol. The van der Waals surface area contributed by atoms with E-state index in [1.807, 2.05) is 11.9 Å². The lowest BCUT2D eigenvalue weighted by molar-refractivity contribution is -0.274. The van der Waals surface area contributed by atoms with Crippen LogP contribution in [0.5, 0.6) is 5.75 Å². The molecule has 8 heteroatoms. The molecule has 0 saturated carbocycles. The first-order valence-electron chi connectivity index (χ1n) is 13.0. The number of rotatable bonds is 10. The monoisotopic (exact) mass is 519 g/mol. The predicted molar refractivity (Wildman–Crippen MR) is 140 cm³/mol. The number of amides is 1. The second-order valence-corrected chi connectivity index (χ2v) is 10.7. The van der Waals surface area contributed by atoms with Crippen LogP contribution in [-0.2, 0) is 16.6 Å². The molecule has 2 atom stereocenters. The van der Waals surface area contributed by atoms with Gasteiger partial charge in [0.2, 0.25) is 5.91 Å². The molecule has 1 heterocycles. The number of hydrogen-bond acceptors (Lipinski definition) is 4. The maximum Gasteiger partial charge on any atom is 0.573 e. The van der Waals surface area contributed by atoms with Crippen LogP contribution in [0.15, 0.2) is 48.5 Å². The summed E-state index contributed by atoms with van der Waals surface area (Å²) in [4.78, 5) is 20.1. The fraction of sp³-hybridized carbons (Fsp3) is 0.552. The number of nitrogens with zero attached hydrogens (tertiary/aromatic N) is 3. The van der Waals surface area contributed by atoms with E-state index in [2.05, 4.69) is 73.4 Å². The number of likely N-dealkylation sites (N-methyl/N-ethyl adjacent to an activating group) is 1. The molecular formula is C29H40F3N3O2. The van der Waals surface area contributed by atoms with Crippen molar-refractivity contribution in [2.24, 2.45) is 0 Å². The van der Waals surface area contributed by atoms with Gasteiger partial charge in [-0.2, -0.15) is 0 Å². The van der Waals surface area contributed by atoms with E-state index in [4.69, 9.17) is 0 Å². The van der Waals surface area contributed by atoms with Gasteiger partial charge >= 0.3 is 6.36 Å². The van der Waals surface area contributed by atoms with Crippen LogP contribution in [-0.4, -0.2) is 66.2 Å². The highest BCUT2D eigenvalue weighted by Gasteiger charge is 2.44. The summed E-state index contributed by atoms with van der Waals surface area (Å²) in [5, 5.41) is 0. The molecule has 0 radical (unpaired) electrons. The molecule has 204 valence electrons. The van der Waals surface area contributed by atoms with Crippen molar-refractivity contribution >= 4 is 5.91 Å². The molecule has 0 spiro atoms. The van der Waals surface area contributed by atoms with Crippen LogP contribution in [0.1, 0.15) is 63.9 Å². The van der Waals surface area contributed by atoms with Gasteiger partial charge in [0.25, 0.3) is 0 Å². The second kappa shape index (κ2) is 11.9. The predicted octanol–water partition coefficient (Wildman–Crippen LogP) is 6.00. The summed E-state index contributed by atoms with van der Waals surface area (Å²) in [5.41, 5.74) is 3.17. The smallest absolute Gasteiger partial charge is 0.406 e. The summed E-state index contributed by atoms with van der Waals surface area (Å²) in [5.74, 6) is -0.155. The fourth-order valence-corrected chi connectivity index (χ4v) is 4.96. The molecule has 1 aliphatic rings. The van der Waals surface area contributed by atoms with Gasteiger partial charge in [-0.05, 0) is 67.2 Å². The molecule has 1 saturated heterocycles. The highest BCUT2D eigenvalue weighted by atomic mass is 19.4. The highest BCUT2D eigenvalue weighted by molar-refractivity contribution is 5.84. The van der Waals surface area contributed by atoms with E-state index in [1.165, 1.54) is 17.7 Å². The number of hydrogen-bond donors (Lipinski definition) is 0. The zero-order valence-corrected chi connectivity index (χ0v) is 22.8. The number of halogens is 3. The van der Waals surface area contributed by atoms with Gasteiger partial charge in [0.15, 0.2) is 0 Å². The Morgan fingerprint density at radius 3 is 2.05 bits per heavy atom. The van der Waals surface area contributed by atoms with Crippen molar-refractivity contribution in [3.63, 3.8) is 0 Å². The minimum Gasteiger partial charge on any atom is -0.406 e. The molecule has 2 aromatic rings. The number of ether oxygens (including phenoxy) is 1. The largest absolute Gasteiger partial charge is 0.573 e. The van der Waals surface area contributed by atoms with Gasteiger partial charge in [0.05, 0.1) is 6.04 Å². The van der Waals surface area contributed by atoms with Crippen molar-refractivity contribution in [2.45, 2.75) is 71.4 Å². The highest BCUT2D eigenvalue weighted by Crippen LogP contribution is 2.36. The quantitative estimate of drug-likeness (QED) is 0.386. The molecule has 1 aliphatic heterocycles. The van der Waals surface area contributed by atoms with Crippen LogP contribution < -0.4 is 4.74 Å². The zero-order chi connectivity index (χ0) is 27.4. The summed E-state index contributed by atoms with van der Waals surface area (Å²) in [6.45, 7) is 14.0. The molecule has 0 aromatic heterocycles. The fourth-order valence-electron chi connectivity index (χ4n) is 4.96. The molecule has 1 amide bonds. The Morgan fingerprint density at radius 2 is 1.54 bits per heavy atom. The topological polar surface area (TPSA) is 36.0 Å². The summed E-state index contributed by atoms with van der Waals surface area (Å²) < 4.78 is 41.4. The molecule has 2 aromatic carbocycles. The molecule has 0 aliphatic carbocycles. The summed E-state index contributed by atoms with van der Waals surface area (Å²) >= 11 is 0. The second-order valence-electron chi connectivity index (χ2n) is 10.7. The SMILES string of the molecule is CCN(CC)CC[C@H]1C(=O)N(CCc2ccc(OC(F)(F)F)cc2)[C@H](c2ccc(C(C)(C)C)cc2)N1C. The van der Waals surface area contributed by atoms with E-state index < -0.39 is 6.36 Å². The number of alkyl halides is 3. The lowest BCUT2D eigenvalue weighted by Crippen LogP contribution is -2.36. The van der Waals surface area contributed by atoms with Crippen LogP contribution in [0.3, 0.4) is 0 Å². The Morgan fingerprint density at radius 1 is 0.946 bits per heavy atom. The van der Waals surface area contributed by atoms with Crippen LogP contribution in [0.2, 0.25) is 0 Å². The van der Waals surface area contributed by atoms with E-state index in [0.717, 1.165) is 37.2 Å². The first-order chi connectivity index (χ1) is 17.3. The third kappa shape index (κ3) is 7.48. The lowest BCUT2D eigenvalue weighted by Gasteiger charge is -2.30. The number of carbonyl (C=O) groups excluding carboxylic acids is 1. The average Bonchev–Trinajstić information content (AvgIpc) is 3.07. The van der Waals surface area contributed by atoms with Crippen molar-refractivity contribution in [3.05, 3.63) is 65.2 Å². The third-order valence-electron chi connectivity index (χ3n) is 7.23. The Kier molecular flexibility index (Phi) is 9.29. The Hall–Kier alpha value is -2.58. The van der Waals surface area contributed by atoms with Crippen LogP contribution >= 0.6 is 0 Å². The van der Waals surface area contributed by atoms with Crippen molar-refractivity contribution in [2.75, 3.05) is 33.2 Å². The van der Waals surface area contributed by atoms with Crippen molar-refractivity contribution in [1.82, 2.24) is 14.7 Å². The molecule has 0 bridgehead atoms. The third-order valence-corrected chi connectivity index (χ3v) is 7.23. The van der Waals surface area contributed by atoms with Crippen LogP contribution in [0.25, 0.3) is 0 Å². The number of carbonyl (C=O) groups is 1. The minimum absolute atomic E-state index is 0.0317. The van der Waals surface area contributed by atoms with Gasteiger partial charge in [-0.3, -0.25) is 9.69 Å². The Balaban J connectivity index is 1.81. The van der Waals surface area contributed by atoms with Gasteiger partial charge in [-0.15, -0.1) is 13.2 Å². The van der Waals surface area contributed by atoms with Crippen molar-refractivity contribution in [3.8, 4) is 5.75 Å². The minimum atomic E-state index is -4.72. The molecule has 5 nitrogen and oxygen atoms in total. The molecule has 0 N–H and O–H groups in total. The summed E-state index contributed by atoms with van der Waals surface area (Å²) in [7, 11) is 2.01. The first-order valence-corrected chi connectivity index (χ1v) is 13.0. The summed E-state index contributed by atoms with van der Waals surface area (Å²) in [6.07, 6.45) is -3.64. The van der Waals surface area contributed by atoms with Crippen LogP contribution in [0.4, 0.5) is 13.2 Å².